The molecule has 0 saturated heterocycles. The first-order valence-corrected chi connectivity index (χ1v) is 7.69. The van der Waals surface area contributed by atoms with Crippen LogP contribution in [0.5, 0.6) is 11.5 Å². The van der Waals surface area contributed by atoms with E-state index in [9.17, 15) is 0 Å². The molecule has 1 aliphatic rings. The third kappa shape index (κ3) is 2.57. The summed E-state index contributed by atoms with van der Waals surface area (Å²) in [4.78, 5) is 0. The molecule has 2 aromatic rings. The van der Waals surface area contributed by atoms with Gasteiger partial charge in [-0.25, -0.2) is 0 Å². The van der Waals surface area contributed by atoms with E-state index in [-0.39, 0.29) is 6.04 Å². The zero-order valence-electron chi connectivity index (χ0n) is 13.7. The maximum Gasteiger partial charge on any atom is 0.164 e. The minimum absolute atomic E-state index is 0.210. The van der Waals surface area contributed by atoms with Crippen molar-refractivity contribution in [2.24, 2.45) is 0 Å². The largest absolute Gasteiger partial charge is 0.493 e. The zero-order chi connectivity index (χ0) is 15.7. The predicted octanol–water partition coefficient (Wildman–Crippen LogP) is 3.56. The smallest absolute Gasteiger partial charge is 0.164 e. The van der Waals surface area contributed by atoms with E-state index in [0.29, 0.717) is 0 Å². The highest BCUT2D eigenvalue weighted by Crippen LogP contribution is 2.39. The summed E-state index contributed by atoms with van der Waals surface area (Å²) in [6.07, 6.45) is 0.955. The summed E-state index contributed by atoms with van der Waals surface area (Å²) in [5.41, 5.74) is 6.44. The van der Waals surface area contributed by atoms with Crippen molar-refractivity contribution in [1.29, 1.82) is 0 Å². The number of benzene rings is 2. The van der Waals surface area contributed by atoms with Crippen molar-refractivity contribution < 1.29 is 9.47 Å². The highest BCUT2D eigenvalue weighted by molar-refractivity contribution is 5.55. The van der Waals surface area contributed by atoms with Crippen LogP contribution >= 0.6 is 0 Å². The molecule has 0 spiro atoms. The molecular weight excluding hydrogens is 274 g/mol. The Morgan fingerprint density at radius 3 is 2.36 bits per heavy atom. The molecule has 1 atom stereocenters. The summed E-state index contributed by atoms with van der Waals surface area (Å²) in [6, 6.07) is 11.1. The molecule has 1 heterocycles. The molecule has 3 nitrogen and oxygen atoms in total. The Kier molecular flexibility index (Phi) is 4.08. The number of aryl methyl sites for hydroxylation is 2. The second kappa shape index (κ2) is 6.01. The molecule has 1 aliphatic heterocycles. The van der Waals surface area contributed by atoms with Crippen molar-refractivity contribution in [3.05, 3.63) is 58.1 Å². The number of hydrogen-bond acceptors (Lipinski definition) is 3. The lowest BCUT2D eigenvalue weighted by molar-refractivity contribution is 0.348. The van der Waals surface area contributed by atoms with E-state index in [2.05, 4.69) is 43.4 Å². The van der Waals surface area contributed by atoms with Crippen LogP contribution in [-0.2, 0) is 6.42 Å². The van der Waals surface area contributed by atoms with Gasteiger partial charge in [0.05, 0.1) is 20.3 Å². The fraction of sp³-hybridized carbons (Fsp3) is 0.368. The van der Waals surface area contributed by atoms with Gasteiger partial charge in [-0.15, -0.1) is 0 Å². The van der Waals surface area contributed by atoms with Gasteiger partial charge in [-0.2, -0.15) is 0 Å². The topological polar surface area (TPSA) is 30.5 Å². The summed E-state index contributed by atoms with van der Waals surface area (Å²) < 4.78 is 11.0. The highest BCUT2D eigenvalue weighted by Gasteiger charge is 2.26. The van der Waals surface area contributed by atoms with E-state index in [1.807, 2.05) is 6.07 Å². The minimum atomic E-state index is 0.210. The van der Waals surface area contributed by atoms with Gasteiger partial charge < -0.3 is 14.8 Å². The molecule has 0 radical (unpaired) electrons. The predicted molar refractivity (Wildman–Crippen MR) is 89.0 cm³/mol. The van der Waals surface area contributed by atoms with E-state index in [0.717, 1.165) is 24.5 Å². The molecule has 0 bridgehead atoms. The molecule has 0 amide bonds. The third-order valence-electron chi connectivity index (χ3n) is 4.30. The van der Waals surface area contributed by atoms with Gasteiger partial charge in [-0.05, 0) is 37.5 Å². The first-order chi connectivity index (χ1) is 10.6. The number of fused-ring (bicyclic) bond motifs is 1. The van der Waals surface area contributed by atoms with Crippen LogP contribution in [0, 0.1) is 13.8 Å². The standard InChI is InChI=1S/C19H23NO2/c1-12-9-13(2)11-14(10-12)18-15-5-6-17(21-3)19(22-4)16(15)7-8-20-18/h5-6,9-11,18,20H,7-8H2,1-4H3. The van der Waals surface area contributed by atoms with E-state index in [4.69, 9.17) is 9.47 Å². The number of nitrogens with one attached hydrogen (secondary N) is 1. The quantitative estimate of drug-likeness (QED) is 0.939. The van der Waals surface area contributed by atoms with Crippen molar-refractivity contribution in [2.45, 2.75) is 26.3 Å². The summed E-state index contributed by atoms with van der Waals surface area (Å²) >= 11 is 0. The van der Waals surface area contributed by atoms with E-state index in [1.54, 1.807) is 14.2 Å². The van der Waals surface area contributed by atoms with Crippen LogP contribution in [0.3, 0.4) is 0 Å². The molecule has 2 aromatic carbocycles. The Labute approximate surface area is 132 Å². The van der Waals surface area contributed by atoms with Crippen molar-refractivity contribution in [3.63, 3.8) is 0 Å². The highest BCUT2D eigenvalue weighted by atomic mass is 16.5. The van der Waals surface area contributed by atoms with Crippen LogP contribution in [0.15, 0.2) is 30.3 Å². The second-order valence-electron chi connectivity index (χ2n) is 5.93. The van der Waals surface area contributed by atoms with E-state index in [1.165, 1.54) is 27.8 Å². The maximum atomic E-state index is 5.61. The first-order valence-electron chi connectivity index (χ1n) is 7.69. The molecular formula is C19H23NO2. The number of ether oxygens (including phenoxy) is 2. The van der Waals surface area contributed by atoms with Gasteiger partial charge >= 0.3 is 0 Å². The van der Waals surface area contributed by atoms with Crippen LogP contribution in [0.2, 0.25) is 0 Å². The normalized spacial score (nSPS) is 17.0. The molecule has 3 rings (SSSR count). The molecule has 1 N–H and O–H groups in total. The Bertz CT molecular complexity index is 674. The molecule has 0 aromatic heterocycles. The molecule has 0 aliphatic carbocycles. The Morgan fingerprint density at radius 2 is 1.73 bits per heavy atom. The van der Waals surface area contributed by atoms with Crippen LogP contribution in [-0.4, -0.2) is 20.8 Å². The SMILES string of the molecule is COc1ccc2c(c1OC)CCNC2c1cc(C)cc(C)c1. The fourth-order valence-electron chi connectivity index (χ4n) is 3.46. The average molecular weight is 297 g/mol. The Morgan fingerprint density at radius 1 is 1.00 bits per heavy atom. The lowest BCUT2D eigenvalue weighted by Gasteiger charge is -2.29. The lowest BCUT2D eigenvalue weighted by Crippen LogP contribution is -2.31. The molecule has 1 unspecified atom stereocenters. The molecule has 22 heavy (non-hydrogen) atoms. The van der Waals surface area contributed by atoms with Crippen molar-refractivity contribution in [2.75, 3.05) is 20.8 Å². The van der Waals surface area contributed by atoms with Gasteiger partial charge in [0.15, 0.2) is 11.5 Å². The van der Waals surface area contributed by atoms with Crippen molar-refractivity contribution >= 4 is 0 Å². The van der Waals surface area contributed by atoms with Crippen molar-refractivity contribution in [3.8, 4) is 11.5 Å². The molecule has 116 valence electrons. The van der Waals surface area contributed by atoms with Gasteiger partial charge in [-0.3, -0.25) is 0 Å². The van der Waals surface area contributed by atoms with E-state index >= 15 is 0 Å². The van der Waals surface area contributed by atoms with Crippen LogP contribution in [0.4, 0.5) is 0 Å². The number of methoxy groups -OCH3 is 2. The van der Waals surface area contributed by atoms with E-state index < -0.39 is 0 Å². The summed E-state index contributed by atoms with van der Waals surface area (Å²) in [5, 5.41) is 3.64. The van der Waals surface area contributed by atoms with Gasteiger partial charge in [0.1, 0.15) is 0 Å². The summed E-state index contributed by atoms with van der Waals surface area (Å²) in [6.45, 7) is 5.23. The molecule has 0 saturated carbocycles. The van der Waals surface area contributed by atoms with Gasteiger partial charge in [-0.1, -0.05) is 35.4 Å². The van der Waals surface area contributed by atoms with Gasteiger partial charge in [0.2, 0.25) is 0 Å². The number of rotatable bonds is 3. The van der Waals surface area contributed by atoms with Gasteiger partial charge in [0.25, 0.3) is 0 Å². The van der Waals surface area contributed by atoms with Crippen LogP contribution < -0.4 is 14.8 Å². The van der Waals surface area contributed by atoms with Gasteiger partial charge in [0, 0.05) is 12.1 Å². The fourth-order valence-corrected chi connectivity index (χ4v) is 3.46. The summed E-state index contributed by atoms with van der Waals surface area (Å²) in [5.74, 6) is 1.68. The Balaban J connectivity index is 2.12. The van der Waals surface area contributed by atoms with Crippen LogP contribution in [0.25, 0.3) is 0 Å². The minimum Gasteiger partial charge on any atom is -0.493 e. The average Bonchev–Trinajstić information content (AvgIpc) is 2.52. The zero-order valence-corrected chi connectivity index (χ0v) is 13.7. The lowest BCUT2D eigenvalue weighted by atomic mass is 9.88. The van der Waals surface area contributed by atoms with Crippen molar-refractivity contribution in [1.82, 2.24) is 5.32 Å². The third-order valence-corrected chi connectivity index (χ3v) is 4.30. The second-order valence-corrected chi connectivity index (χ2v) is 5.93. The molecule has 0 fully saturated rings. The molecule has 3 heteroatoms. The first kappa shape index (κ1) is 14.9. The van der Waals surface area contributed by atoms with Crippen LogP contribution in [0.1, 0.15) is 33.9 Å². The monoisotopic (exact) mass is 297 g/mol. The maximum absolute atomic E-state index is 5.61. The summed E-state index contributed by atoms with van der Waals surface area (Å²) in [7, 11) is 3.40. The number of hydrogen-bond donors (Lipinski definition) is 1. The Hall–Kier alpha value is -2.00.